The molecule has 1 rings (SSSR count). The second-order valence-electron chi connectivity index (χ2n) is 8.11. The molecule has 0 aliphatic rings. The van der Waals surface area contributed by atoms with E-state index in [0.29, 0.717) is 13.2 Å². The highest BCUT2D eigenvalue weighted by atomic mass is 35.5. The number of rotatable bonds is 13. The topological polar surface area (TPSA) is 57.2 Å². The molecule has 0 saturated carbocycles. The Morgan fingerprint density at radius 3 is 2.29 bits per heavy atom. The van der Waals surface area contributed by atoms with Crippen LogP contribution in [0.2, 0.25) is 0 Å². The molecule has 0 aliphatic heterocycles. The number of quaternary nitrogens is 2. The van der Waals surface area contributed by atoms with Crippen molar-refractivity contribution in [2.75, 3.05) is 34.2 Å². The summed E-state index contributed by atoms with van der Waals surface area (Å²) in [6, 6.07) is 9.75. The number of nitrogens with zero attached hydrogens (tertiary/aromatic N) is 2. The molecule has 1 unspecified atom stereocenters. The van der Waals surface area contributed by atoms with Crippen molar-refractivity contribution in [2.24, 2.45) is 0 Å². The summed E-state index contributed by atoms with van der Waals surface area (Å²) in [6.07, 6.45) is 6.39. The molecule has 0 heterocycles. The molecule has 164 valence electrons. The van der Waals surface area contributed by atoms with Crippen LogP contribution in [0.15, 0.2) is 30.3 Å². The van der Waals surface area contributed by atoms with Gasteiger partial charge in [-0.2, -0.15) is 0 Å². The number of hydroxylamine groups is 2. The molecule has 3 N–H and O–H groups in total. The second kappa shape index (κ2) is 16.0. The van der Waals surface area contributed by atoms with E-state index in [1.807, 2.05) is 30.3 Å². The minimum atomic E-state index is -0.230. The largest absolute Gasteiger partial charge is 1.00 e. The van der Waals surface area contributed by atoms with Crippen molar-refractivity contribution < 1.29 is 44.7 Å². The Labute approximate surface area is 184 Å². The van der Waals surface area contributed by atoms with Crippen LogP contribution in [-0.2, 0) is 16.2 Å². The number of amides is 1. The predicted octanol–water partition coefficient (Wildman–Crippen LogP) is -3.37. The molecule has 0 fully saturated rings. The lowest BCUT2D eigenvalue weighted by Gasteiger charge is -2.27. The van der Waals surface area contributed by atoms with Gasteiger partial charge in [0, 0.05) is 12.8 Å². The maximum Gasteiger partial charge on any atom is 0.304 e. The Morgan fingerprint density at radius 2 is 1.71 bits per heavy atom. The molecule has 1 atom stereocenters. The Morgan fingerprint density at radius 1 is 1.07 bits per heavy atom. The van der Waals surface area contributed by atoms with E-state index in [1.165, 1.54) is 19.3 Å². The van der Waals surface area contributed by atoms with Crippen molar-refractivity contribution >= 4 is 5.91 Å². The van der Waals surface area contributed by atoms with Crippen LogP contribution in [0.1, 0.15) is 51.0 Å². The summed E-state index contributed by atoms with van der Waals surface area (Å²) in [6.45, 7) is 4.22. The van der Waals surface area contributed by atoms with Crippen LogP contribution in [0.3, 0.4) is 0 Å². The predicted molar refractivity (Wildman–Crippen MR) is 106 cm³/mol. The number of unbranched alkanes of at least 4 members (excludes halogenated alkanes) is 3. The van der Waals surface area contributed by atoms with Gasteiger partial charge in [-0.1, -0.05) is 56.5 Å². The van der Waals surface area contributed by atoms with Crippen LogP contribution in [0.4, 0.5) is 0 Å². The molecule has 5 nitrogen and oxygen atoms in total. The van der Waals surface area contributed by atoms with E-state index < -0.39 is 0 Å². The summed E-state index contributed by atoms with van der Waals surface area (Å²) < 4.78 is 0.880. The normalized spacial score (nSPS) is 11.9. The quantitative estimate of drug-likeness (QED) is 0.200. The van der Waals surface area contributed by atoms with Gasteiger partial charge in [0.1, 0.15) is 6.61 Å². The molecular formula is C21H39Cl2N3O2. The van der Waals surface area contributed by atoms with Crippen molar-refractivity contribution in [3.8, 4) is 0 Å². The van der Waals surface area contributed by atoms with Gasteiger partial charge in [-0.15, -0.1) is 0 Å². The molecule has 0 aromatic heterocycles. The standard InChI is InChI=1S/C21H38N3O2.2ClH/c1-5-6-7-11-15-20(22)21(25)23(16-12-17-24(2,3)4)26-18-19-13-9-8-10-14-19;;/h8-10,13-14,20H,5-7,11-12,15-18,22H2,1-4H3;2*1H/q+1;;/p-1. The van der Waals surface area contributed by atoms with Gasteiger partial charge in [0.25, 0.3) is 0 Å². The van der Waals surface area contributed by atoms with Crippen molar-refractivity contribution in [3.05, 3.63) is 35.9 Å². The van der Waals surface area contributed by atoms with Crippen molar-refractivity contribution in [2.45, 2.75) is 58.1 Å². The number of carbonyl (C=O) groups is 1. The third kappa shape index (κ3) is 13.3. The van der Waals surface area contributed by atoms with E-state index in [0.717, 1.165) is 35.9 Å². The zero-order valence-corrected chi connectivity index (χ0v) is 19.5. The zero-order valence-electron chi connectivity index (χ0n) is 18.0. The van der Waals surface area contributed by atoms with E-state index in [9.17, 15) is 4.79 Å². The summed E-state index contributed by atoms with van der Waals surface area (Å²) in [5, 5.41) is 1.56. The van der Waals surface area contributed by atoms with E-state index in [-0.39, 0.29) is 36.8 Å². The Bertz CT molecular complexity index is 510. The lowest BCUT2D eigenvalue weighted by atomic mass is 10.1. The first-order valence-corrected chi connectivity index (χ1v) is 9.95. The molecule has 7 heteroatoms. The summed E-state index contributed by atoms with van der Waals surface area (Å²) in [7, 11) is 6.48. The van der Waals surface area contributed by atoms with E-state index in [1.54, 1.807) is 5.06 Å². The first kappa shape index (κ1) is 29.4. The average molecular weight is 436 g/mol. The number of halogens is 2. The molecule has 0 aliphatic carbocycles. The van der Waals surface area contributed by atoms with Gasteiger partial charge in [0.05, 0.1) is 34.2 Å². The van der Waals surface area contributed by atoms with Crippen LogP contribution in [0.25, 0.3) is 0 Å². The van der Waals surface area contributed by atoms with Crippen LogP contribution in [-0.4, -0.2) is 55.7 Å². The van der Waals surface area contributed by atoms with Gasteiger partial charge in [0.2, 0.25) is 0 Å². The summed E-state index contributed by atoms with van der Waals surface area (Å²) in [5.41, 5.74) is 5.16. The molecule has 28 heavy (non-hydrogen) atoms. The number of carbonyl (C=O) groups excluding carboxylic acids is 1. The third-order valence-corrected chi connectivity index (χ3v) is 4.42. The summed E-state index contributed by atoms with van der Waals surface area (Å²) >= 11 is 0. The number of hydrogen-bond acceptors (Lipinski definition) is 2. The number of benzene rings is 1. The molecular weight excluding hydrogens is 397 g/mol. The van der Waals surface area contributed by atoms with Gasteiger partial charge in [-0.3, -0.25) is 9.63 Å². The van der Waals surface area contributed by atoms with Crippen LogP contribution in [0, 0.1) is 0 Å². The third-order valence-electron chi connectivity index (χ3n) is 4.42. The Balaban J connectivity index is 0. The summed E-state index contributed by atoms with van der Waals surface area (Å²) in [5.74, 6) is 0.0128. The molecule has 0 saturated heterocycles. The highest BCUT2D eigenvalue weighted by Gasteiger charge is 2.25. The van der Waals surface area contributed by atoms with E-state index in [2.05, 4.69) is 33.8 Å². The molecule has 1 amide bonds. The second-order valence-corrected chi connectivity index (χ2v) is 8.11. The minimum Gasteiger partial charge on any atom is -1.00 e. The SMILES string of the molecule is CCCCCCC([NH3+])C(=O)N(CCC[N+](C)(C)C)OCc1ccccc1.[Cl-].[Cl-]. The van der Waals surface area contributed by atoms with Gasteiger partial charge in [-0.25, -0.2) is 5.06 Å². The molecule has 0 bridgehead atoms. The molecule has 0 spiro atoms. The first-order chi connectivity index (χ1) is 12.3. The van der Waals surface area contributed by atoms with E-state index >= 15 is 0 Å². The highest BCUT2D eigenvalue weighted by Crippen LogP contribution is 2.09. The fraction of sp³-hybridized carbons (Fsp3) is 0.667. The Hall–Kier alpha value is -0.850. The maximum atomic E-state index is 12.8. The maximum absolute atomic E-state index is 12.8. The number of hydrogen-bond donors (Lipinski definition) is 1. The van der Waals surface area contributed by atoms with Crippen molar-refractivity contribution in [3.63, 3.8) is 0 Å². The zero-order chi connectivity index (χ0) is 19.4. The van der Waals surface area contributed by atoms with E-state index in [4.69, 9.17) is 4.84 Å². The molecule has 1 aromatic rings. The smallest absolute Gasteiger partial charge is 0.304 e. The van der Waals surface area contributed by atoms with Crippen LogP contribution in [0.5, 0.6) is 0 Å². The van der Waals surface area contributed by atoms with Gasteiger partial charge in [-0.05, 0) is 12.0 Å². The van der Waals surface area contributed by atoms with Crippen molar-refractivity contribution in [1.82, 2.24) is 5.06 Å². The first-order valence-electron chi connectivity index (χ1n) is 9.95. The molecule has 0 radical (unpaired) electrons. The summed E-state index contributed by atoms with van der Waals surface area (Å²) in [4.78, 5) is 18.7. The lowest BCUT2D eigenvalue weighted by molar-refractivity contribution is -0.870. The lowest BCUT2D eigenvalue weighted by Crippen LogP contribution is -3.00. The average Bonchev–Trinajstić information content (AvgIpc) is 2.60. The van der Waals surface area contributed by atoms with Crippen LogP contribution >= 0.6 is 0 Å². The highest BCUT2D eigenvalue weighted by molar-refractivity contribution is 5.79. The fourth-order valence-electron chi connectivity index (χ4n) is 2.80. The van der Waals surface area contributed by atoms with Crippen molar-refractivity contribution in [1.29, 1.82) is 0 Å². The van der Waals surface area contributed by atoms with Crippen LogP contribution < -0.4 is 30.5 Å². The minimum absolute atomic E-state index is 0. The van der Waals surface area contributed by atoms with Gasteiger partial charge < -0.3 is 35.0 Å². The monoisotopic (exact) mass is 435 g/mol. The van der Waals surface area contributed by atoms with Gasteiger partial charge in [0.15, 0.2) is 6.04 Å². The Kier molecular flexibility index (Phi) is 16.8. The fourth-order valence-corrected chi connectivity index (χ4v) is 2.80. The van der Waals surface area contributed by atoms with Gasteiger partial charge >= 0.3 is 5.91 Å². The molecule has 1 aromatic carbocycles.